The van der Waals surface area contributed by atoms with E-state index in [4.69, 9.17) is 0 Å². The van der Waals surface area contributed by atoms with E-state index in [1.54, 1.807) is 0 Å². The molecule has 0 amide bonds. The first kappa shape index (κ1) is 25.7. The van der Waals surface area contributed by atoms with Crippen LogP contribution in [0.3, 0.4) is 0 Å². The topological polar surface area (TPSA) is 26.3 Å². The zero-order chi connectivity index (χ0) is 23.4. The smallest absolute Gasteiger partial charge is 0.456 e. The van der Waals surface area contributed by atoms with E-state index in [-0.39, 0.29) is 13.8 Å². The van der Waals surface area contributed by atoms with Crippen molar-refractivity contribution >= 4 is 5.97 Å². The summed E-state index contributed by atoms with van der Waals surface area (Å²) < 4.78 is 164. The molecule has 172 valence electrons. The first-order valence-corrected chi connectivity index (χ1v) is 8.08. The third kappa shape index (κ3) is 3.64. The number of hydrogen-bond donors (Lipinski definition) is 0. The SMILES string of the molecule is CCC1CC(C(=O)OC(C)C(F)(F)C(F)(F)C(F)(F)F)C(F)(F)C1(F)C(C)(F)F. The molecule has 0 aliphatic heterocycles. The molecule has 2 nitrogen and oxygen atoms in total. The van der Waals surface area contributed by atoms with Crippen molar-refractivity contribution in [3.8, 4) is 0 Å². The molecule has 0 saturated heterocycles. The van der Waals surface area contributed by atoms with E-state index in [1.807, 2.05) is 0 Å². The largest absolute Gasteiger partial charge is 0.460 e. The van der Waals surface area contributed by atoms with E-state index in [9.17, 15) is 57.5 Å². The van der Waals surface area contributed by atoms with Crippen LogP contribution >= 0.6 is 0 Å². The third-order valence-electron chi connectivity index (χ3n) is 5.00. The Morgan fingerprint density at radius 2 is 1.48 bits per heavy atom. The van der Waals surface area contributed by atoms with E-state index in [2.05, 4.69) is 4.74 Å². The molecule has 14 heteroatoms. The number of carbonyl (C=O) groups excluding carboxylic acids is 1. The lowest BCUT2D eigenvalue weighted by Gasteiger charge is -2.37. The summed E-state index contributed by atoms with van der Waals surface area (Å²) in [5.74, 6) is -30.4. The Bertz CT molecular complexity index is 624. The monoisotopic (exact) mass is 456 g/mol. The Balaban J connectivity index is 3.21. The molecule has 1 aliphatic rings. The average molecular weight is 456 g/mol. The lowest BCUT2D eigenvalue weighted by atomic mass is 9.83. The number of esters is 1. The van der Waals surface area contributed by atoms with Gasteiger partial charge in [0.05, 0.1) is 0 Å². The molecular weight excluding hydrogens is 440 g/mol. The number of ether oxygens (including phenoxy) is 1. The zero-order valence-electron chi connectivity index (χ0n) is 15.0. The van der Waals surface area contributed by atoms with Gasteiger partial charge in [-0.3, -0.25) is 4.79 Å². The molecule has 0 heterocycles. The summed E-state index contributed by atoms with van der Waals surface area (Å²) in [6, 6.07) is 0. The Morgan fingerprint density at radius 1 is 1.03 bits per heavy atom. The van der Waals surface area contributed by atoms with E-state index in [1.165, 1.54) is 0 Å². The number of carbonyl (C=O) groups is 1. The quantitative estimate of drug-likeness (QED) is 0.373. The van der Waals surface area contributed by atoms with E-state index in [0.29, 0.717) is 0 Å². The number of rotatable bonds is 6. The summed E-state index contributed by atoms with van der Waals surface area (Å²) in [6.45, 7) is 0.701. The summed E-state index contributed by atoms with van der Waals surface area (Å²) in [5.41, 5.74) is -4.60. The molecule has 4 atom stereocenters. The van der Waals surface area contributed by atoms with Crippen molar-refractivity contribution in [3.05, 3.63) is 0 Å². The lowest BCUT2D eigenvalue weighted by molar-refractivity contribution is -0.370. The van der Waals surface area contributed by atoms with Gasteiger partial charge in [0, 0.05) is 12.8 Å². The number of alkyl halides is 12. The van der Waals surface area contributed by atoms with Gasteiger partial charge in [-0.05, 0) is 19.8 Å². The molecular formula is C15H16F12O2. The fourth-order valence-corrected chi connectivity index (χ4v) is 3.24. The molecule has 1 saturated carbocycles. The van der Waals surface area contributed by atoms with Crippen molar-refractivity contribution < 1.29 is 62.2 Å². The molecule has 0 radical (unpaired) electrons. The van der Waals surface area contributed by atoms with Gasteiger partial charge >= 0.3 is 29.9 Å². The van der Waals surface area contributed by atoms with Crippen molar-refractivity contribution in [2.45, 2.75) is 75.3 Å². The minimum Gasteiger partial charge on any atom is -0.456 e. The van der Waals surface area contributed by atoms with Crippen molar-refractivity contribution in [1.29, 1.82) is 0 Å². The number of hydrogen-bond acceptors (Lipinski definition) is 2. The highest BCUT2D eigenvalue weighted by molar-refractivity contribution is 5.75. The van der Waals surface area contributed by atoms with Gasteiger partial charge in [-0.15, -0.1) is 0 Å². The van der Waals surface area contributed by atoms with Gasteiger partial charge in [0.15, 0.2) is 6.10 Å². The van der Waals surface area contributed by atoms with Gasteiger partial charge in [0.2, 0.25) is 5.67 Å². The molecule has 29 heavy (non-hydrogen) atoms. The van der Waals surface area contributed by atoms with Crippen LogP contribution in [-0.2, 0) is 9.53 Å². The van der Waals surface area contributed by atoms with Gasteiger partial charge in [0.25, 0.3) is 5.92 Å². The van der Waals surface area contributed by atoms with Crippen molar-refractivity contribution in [2.24, 2.45) is 11.8 Å². The molecule has 4 unspecified atom stereocenters. The summed E-state index contributed by atoms with van der Waals surface area (Å²) >= 11 is 0. The Morgan fingerprint density at radius 3 is 1.79 bits per heavy atom. The van der Waals surface area contributed by atoms with Crippen LogP contribution in [-0.4, -0.2) is 47.6 Å². The van der Waals surface area contributed by atoms with Crippen molar-refractivity contribution in [1.82, 2.24) is 0 Å². The summed E-state index contributed by atoms with van der Waals surface area (Å²) in [7, 11) is 0. The average Bonchev–Trinajstić information content (AvgIpc) is 2.73. The van der Waals surface area contributed by atoms with E-state index in [0.717, 1.165) is 6.92 Å². The van der Waals surface area contributed by atoms with Gasteiger partial charge in [0.1, 0.15) is 5.92 Å². The maximum absolute atomic E-state index is 14.7. The standard InChI is InChI=1S/C15H16F12O2/c1-4-7-5-8(13(21,22)11(7,18)10(3,16)17)9(28)29-6(2)12(19,20)14(23,24)15(25,26)27/h6-8H,4-5H2,1-3H3. The van der Waals surface area contributed by atoms with Crippen LogP contribution in [0, 0.1) is 11.8 Å². The second-order valence-electron chi connectivity index (χ2n) is 6.89. The van der Waals surface area contributed by atoms with Gasteiger partial charge < -0.3 is 4.74 Å². The highest BCUT2D eigenvalue weighted by Crippen LogP contribution is 2.61. The fourth-order valence-electron chi connectivity index (χ4n) is 3.24. The summed E-state index contributed by atoms with van der Waals surface area (Å²) in [5, 5.41) is 0. The second-order valence-corrected chi connectivity index (χ2v) is 6.89. The zero-order valence-corrected chi connectivity index (χ0v) is 15.0. The first-order chi connectivity index (χ1) is 12.6. The molecule has 0 aromatic rings. The summed E-state index contributed by atoms with van der Waals surface area (Å²) in [6.07, 6.45) is -12.3. The Hall–Kier alpha value is -1.37. The third-order valence-corrected chi connectivity index (χ3v) is 5.00. The Kier molecular flexibility index (Phi) is 6.29. The number of halogens is 12. The van der Waals surface area contributed by atoms with Crippen molar-refractivity contribution in [3.63, 3.8) is 0 Å². The highest BCUT2D eigenvalue weighted by atomic mass is 19.4. The van der Waals surface area contributed by atoms with Crippen LogP contribution in [0.4, 0.5) is 52.7 Å². The van der Waals surface area contributed by atoms with Crippen LogP contribution in [0.1, 0.15) is 33.6 Å². The fraction of sp³-hybridized carbons (Fsp3) is 0.933. The van der Waals surface area contributed by atoms with Gasteiger partial charge in [-0.1, -0.05) is 6.92 Å². The molecule has 1 rings (SSSR count). The molecule has 0 aromatic heterocycles. The van der Waals surface area contributed by atoms with Crippen molar-refractivity contribution in [2.75, 3.05) is 0 Å². The normalized spacial score (nSPS) is 29.6. The molecule has 1 fully saturated rings. The molecule has 0 bridgehead atoms. The van der Waals surface area contributed by atoms with Gasteiger partial charge in [-0.25, -0.2) is 22.0 Å². The predicted octanol–water partition coefficient (Wildman–Crippen LogP) is 5.80. The van der Waals surface area contributed by atoms with Crippen LogP contribution in [0.5, 0.6) is 0 Å². The second kappa shape index (κ2) is 7.10. The van der Waals surface area contributed by atoms with Crippen LogP contribution < -0.4 is 0 Å². The molecule has 0 spiro atoms. The molecule has 0 N–H and O–H groups in total. The van der Waals surface area contributed by atoms with Crippen LogP contribution in [0.15, 0.2) is 0 Å². The summed E-state index contributed by atoms with van der Waals surface area (Å²) in [4.78, 5) is 11.8. The van der Waals surface area contributed by atoms with E-state index >= 15 is 0 Å². The molecule has 0 aromatic carbocycles. The predicted molar refractivity (Wildman–Crippen MR) is 72.8 cm³/mol. The highest BCUT2D eigenvalue weighted by Gasteiger charge is 2.79. The van der Waals surface area contributed by atoms with Crippen LogP contribution in [0.25, 0.3) is 0 Å². The minimum atomic E-state index is -6.78. The van der Waals surface area contributed by atoms with E-state index < -0.39 is 72.3 Å². The lowest BCUT2D eigenvalue weighted by Crippen LogP contribution is -2.60. The minimum absolute atomic E-state index is 0.126. The van der Waals surface area contributed by atoms with Gasteiger partial charge in [-0.2, -0.15) is 30.7 Å². The maximum Gasteiger partial charge on any atom is 0.460 e. The van der Waals surface area contributed by atoms with Crippen LogP contribution in [0.2, 0.25) is 0 Å². The molecule has 1 aliphatic carbocycles. The Labute approximate surface area is 156 Å². The first-order valence-electron chi connectivity index (χ1n) is 8.08. The maximum atomic E-state index is 14.7.